The Bertz CT molecular complexity index is 1210. The maximum atomic E-state index is 11.9. The molecule has 0 bridgehead atoms. The lowest BCUT2D eigenvalue weighted by Crippen LogP contribution is -2.51. The van der Waals surface area contributed by atoms with Crippen LogP contribution in [0.25, 0.3) is 0 Å². The molecule has 0 aliphatic heterocycles. The summed E-state index contributed by atoms with van der Waals surface area (Å²) in [5, 5.41) is 0. The van der Waals surface area contributed by atoms with E-state index in [9.17, 15) is 9.59 Å². The number of carbonyl (C=O) groups is 2. The van der Waals surface area contributed by atoms with Crippen molar-refractivity contribution < 1.29 is 9.59 Å². The van der Waals surface area contributed by atoms with Crippen molar-refractivity contribution in [2.75, 3.05) is 0 Å². The van der Waals surface area contributed by atoms with Crippen LogP contribution in [0.4, 0.5) is 0 Å². The van der Waals surface area contributed by atoms with Gasteiger partial charge in [0, 0.05) is 32.8 Å². The maximum absolute atomic E-state index is 11.9. The summed E-state index contributed by atoms with van der Waals surface area (Å²) in [6, 6.07) is 21.6. The van der Waals surface area contributed by atoms with Crippen LogP contribution in [0, 0.1) is 5.41 Å². The molecule has 0 fully saturated rings. The highest BCUT2D eigenvalue weighted by Gasteiger charge is 2.79. The molecule has 0 saturated heterocycles. The third-order valence-electron chi connectivity index (χ3n) is 9.56. The van der Waals surface area contributed by atoms with Gasteiger partial charge in [0.1, 0.15) is 0 Å². The Morgan fingerprint density at radius 3 is 1.13 bits per heavy atom. The highest BCUT2D eigenvalue weighted by molar-refractivity contribution is 5.92. The molecule has 6 rings (SSSR count). The Balaban J connectivity index is 1.90. The number of aldehydes is 2. The molecule has 148 valence electrons. The summed E-state index contributed by atoms with van der Waals surface area (Å²) in [6.07, 6.45) is 1.64. The molecule has 2 nitrogen and oxygen atoms in total. The van der Waals surface area contributed by atoms with Gasteiger partial charge in [0.25, 0.3) is 0 Å². The van der Waals surface area contributed by atoms with Crippen molar-refractivity contribution in [1.82, 2.24) is 0 Å². The topological polar surface area (TPSA) is 34.1 Å². The first-order valence-corrected chi connectivity index (χ1v) is 10.6. The van der Waals surface area contributed by atoms with E-state index >= 15 is 0 Å². The second-order valence-corrected chi connectivity index (χ2v) is 9.85. The normalized spacial score (nSPS) is 34.1. The van der Waals surface area contributed by atoms with Crippen LogP contribution in [0.2, 0.25) is 0 Å². The lowest BCUT2D eigenvalue weighted by Gasteiger charge is -2.49. The lowest BCUT2D eigenvalue weighted by molar-refractivity contribution is 0.0996. The standard InChI is InChI=1S/C28H24O2/c1-25-19-9-5-7-11-21(19)26(2)23-13-17(15-29)18(16-30)14-24(23)27(3,28(25,26)4)22-12-8-6-10-20(22)25/h5-16H,1-4H3/t25?,26-,27+,28?. The molecule has 2 unspecified atom stereocenters. The summed E-state index contributed by atoms with van der Waals surface area (Å²) in [7, 11) is 0. The molecule has 0 aromatic heterocycles. The highest BCUT2D eigenvalue weighted by atomic mass is 16.1. The second kappa shape index (κ2) is 5.00. The minimum atomic E-state index is -0.277. The van der Waals surface area contributed by atoms with Crippen LogP contribution in [-0.2, 0) is 16.2 Å². The van der Waals surface area contributed by atoms with Gasteiger partial charge in [-0.1, -0.05) is 76.2 Å². The number of hydrogen-bond donors (Lipinski definition) is 0. The van der Waals surface area contributed by atoms with Crippen molar-refractivity contribution in [3.05, 3.63) is 105 Å². The Labute approximate surface area is 177 Å². The van der Waals surface area contributed by atoms with Crippen LogP contribution in [0.15, 0.2) is 60.7 Å². The van der Waals surface area contributed by atoms with Crippen LogP contribution in [-0.4, -0.2) is 12.6 Å². The van der Waals surface area contributed by atoms with Crippen molar-refractivity contribution in [2.24, 2.45) is 5.41 Å². The van der Waals surface area contributed by atoms with Gasteiger partial charge in [-0.3, -0.25) is 9.59 Å². The number of benzene rings is 3. The molecule has 3 aliphatic rings. The van der Waals surface area contributed by atoms with E-state index in [1.165, 1.54) is 33.4 Å². The van der Waals surface area contributed by atoms with E-state index in [0.717, 1.165) is 12.6 Å². The SMILES string of the molecule is CC12c3ccccc3[C@@]3(C)c4cc(C=O)c(C=O)cc4[C@@](C)(c4ccccc41)C23C. The van der Waals surface area contributed by atoms with Crippen molar-refractivity contribution in [3.63, 3.8) is 0 Å². The summed E-state index contributed by atoms with van der Waals surface area (Å²) in [5.41, 5.74) is 7.87. The van der Waals surface area contributed by atoms with Crippen molar-refractivity contribution in [1.29, 1.82) is 0 Å². The largest absolute Gasteiger partial charge is 0.298 e. The van der Waals surface area contributed by atoms with Gasteiger partial charge >= 0.3 is 0 Å². The summed E-state index contributed by atoms with van der Waals surface area (Å²) >= 11 is 0. The third kappa shape index (κ3) is 1.38. The summed E-state index contributed by atoms with van der Waals surface area (Å²) in [5.74, 6) is 0. The fraction of sp³-hybridized carbons (Fsp3) is 0.286. The van der Waals surface area contributed by atoms with Gasteiger partial charge < -0.3 is 0 Å². The highest BCUT2D eigenvalue weighted by Crippen LogP contribution is 2.82. The van der Waals surface area contributed by atoms with Gasteiger partial charge in [-0.15, -0.1) is 0 Å². The van der Waals surface area contributed by atoms with Crippen molar-refractivity contribution >= 4 is 12.6 Å². The van der Waals surface area contributed by atoms with Crippen LogP contribution in [0.5, 0.6) is 0 Å². The van der Waals surface area contributed by atoms with Crippen LogP contribution >= 0.6 is 0 Å². The van der Waals surface area contributed by atoms with E-state index in [1.807, 2.05) is 12.1 Å². The average Bonchev–Trinajstić information content (AvgIpc) is 3.14. The van der Waals surface area contributed by atoms with Crippen molar-refractivity contribution in [2.45, 2.75) is 43.9 Å². The molecular formula is C28H24O2. The smallest absolute Gasteiger partial charge is 0.150 e. The predicted octanol–water partition coefficient (Wildman–Crippen LogP) is 5.58. The second-order valence-electron chi connectivity index (χ2n) is 9.85. The predicted molar refractivity (Wildman–Crippen MR) is 118 cm³/mol. The van der Waals surface area contributed by atoms with Crippen LogP contribution in [0.3, 0.4) is 0 Å². The number of hydrogen-bond acceptors (Lipinski definition) is 2. The summed E-state index contributed by atoms with van der Waals surface area (Å²) in [6.45, 7) is 9.52. The van der Waals surface area contributed by atoms with Gasteiger partial charge in [-0.2, -0.15) is 0 Å². The number of rotatable bonds is 2. The Morgan fingerprint density at radius 2 is 0.833 bits per heavy atom. The fourth-order valence-electron chi connectivity index (χ4n) is 7.93. The molecule has 30 heavy (non-hydrogen) atoms. The van der Waals surface area contributed by atoms with E-state index in [-0.39, 0.29) is 21.7 Å². The lowest BCUT2D eigenvalue weighted by atomic mass is 9.52. The maximum Gasteiger partial charge on any atom is 0.150 e. The van der Waals surface area contributed by atoms with Gasteiger partial charge in [-0.25, -0.2) is 0 Å². The minimum absolute atomic E-state index is 0.175. The number of carbonyl (C=O) groups excluding carboxylic acids is 2. The minimum Gasteiger partial charge on any atom is -0.298 e. The summed E-state index contributed by atoms with van der Waals surface area (Å²) < 4.78 is 0. The van der Waals surface area contributed by atoms with E-state index in [0.29, 0.717) is 11.1 Å². The fourth-order valence-corrected chi connectivity index (χ4v) is 7.93. The van der Waals surface area contributed by atoms with Gasteiger partial charge in [0.15, 0.2) is 12.6 Å². The van der Waals surface area contributed by atoms with Crippen molar-refractivity contribution in [3.8, 4) is 0 Å². The van der Waals surface area contributed by atoms with Gasteiger partial charge in [-0.05, 0) is 45.5 Å². The average molecular weight is 392 g/mol. The monoisotopic (exact) mass is 392 g/mol. The molecule has 3 aromatic rings. The van der Waals surface area contributed by atoms with Gasteiger partial charge in [0.05, 0.1) is 0 Å². The van der Waals surface area contributed by atoms with Gasteiger partial charge in [0.2, 0.25) is 0 Å². The van der Waals surface area contributed by atoms with E-state index in [2.05, 4.69) is 76.2 Å². The third-order valence-corrected chi connectivity index (χ3v) is 9.56. The Kier molecular flexibility index (Phi) is 2.97. The van der Waals surface area contributed by atoms with E-state index < -0.39 is 0 Å². The first-order chi connectivity index (χ1) is 14.3. The molecule has 2 heteroatoms. The molecule has 0 radical (unpaired) electrons. The van der Waals surface area contributed by atoms with E-state index in [1.54, 1.807) is 0 Å². The first-order valence-electron chi connectivity index (χ1n) is 10.6. The molecule has 0 amide bonds. The Morgan fingerprint density at radius 1 is 0.533 bits per heavy atom. The molecule has 0 saturated carbocycles. The molecule has 3 aliphatic carbocycles. The summed E-state index contributed by atoms with van der Waals surface area (Å²) in [4.78, 5) is 23.7. The zero-order chi connectivity index (χ0) is 21.1. The van der Waals surface area contributed by atoms with E-state index in [4.69, 9.17) is 0 Å². The first kappa shape index (κ1) is 17.8. The molecular weight excluding hydrogens is 368 g/mol. The molecule has 0 spiro atoms. The molecule has 0 heterocycles. The van der Waals surface area contributed by atoms with Crippen LogP contribution in [0.1, 0.15) is 81.8 Å². The zero-order valence-corrected chi connectivity index (χ0v) is 17.7. The zero-order valence-electron chi connectivity index (χ0n) is 17.7. The van der Waals surface area contributed by atoms with Crippen LogP contribution < -0.4 is 0 Å². The molecule has 4 atom stereocenters. The quantitative estimate of drug-likeness (QED) is 0.534. The number of fused-ring (bicyclic) bond motifs is 9. The Hall–Kier alpha value is -3.00. The molecule has 3 aromatic carbocycles. The molecule has 0 N–H and O–H groups in total.